The van der Waals surface area contributed by atoms with Gasteiger partial charge in [-0.3, -0.25) is 14.4 Å². The number of rotatable bonds is 10. The van der Waals surface area contributed by atoms with Crippen LogP contribution in [0.3, 0.4) is 0 Å². The van der Waals surface area contributed by atoms with E-state index in [0.717, 1.165) is 0 Å². The Morgan fingerprint density at radius 2 is 1.65 bits per heavy atom. The highest BCUT2D eigenvalue weighted by Gasteiger charge is 2.11. The van der Waals surface area contributed by atoms with E-state index < -0.39 is 11.9 Å². The molecule has 0 saturated heterocycles. The standard InChI is InChI=1S/C17H23N3O6/c1-11(21)18-5-6-19-15(22)3-4-16(23)20-14-8-12(10-26-2)7-13(9-14)17(24)25/h7-9H,3-6,10H2,1-2H3,(H,18,21)(H,19,22)(H,20,23)(H,24,25). The van der Waals surface area contributed by atoms with Crippen LogP contribution in [0, 0.1) is 0 Å². The molecule has 0 aliphatic rings. The minimum absolute atomic E-state index is 0.0184. The van der Waals surface area contributed by atoms with Crippen LogP contribution in [-0.4, -0.2) is 49.0 Å². The molecule has 0 aliphatic heterocycles. The summed E-state index contributed by atoms with van der Waals surface area (Å²) in [5, 5.41) is 16.8. The molecule has 0 spiro atoms. The summed E-state index contributed by atoms with van der Waals surface area (Å²) in [6, 6.07) is 4.41. The number of aromatic carboxylic acids is 1. The van der Waals surface area contributed by atoms with Crippen molar-refractivity contribution in [3.05, 3.63) is 29.3 Å². The van der Waals surface area contributed by atoms with E-state index in [2.05, 4.69) is 16.0 Å². The summed E-state index contributed by atoms with van der Waals surface area (Å²) in [5.74, 6) is -2.02. The second-order valence-electron chi connectivity index (χ2n) is 5.54. The van der Waals surface area contributed by atoms with Crippen molar-refractivity contribution >= 4 is 29.4 Å². The van der Waals surface area contributed by atoms with E-state index in [1.54, 1.807) is 6.07 Å². The molecular formula is C17H23N3O6. The zero-order valence-corrected chi connectivity index (χ0v) is 14.8. The third-order valence-corrected chi connectivity index (χ3v) is 3.23. The van der Waals surface area contributed by atoms with Crippen LogP contribution >= 0.6 is 0 Å². The second-order valence-corrected chi connectivity index (χ2v) is 5.54. The van der Waals surface area contributed by atoms with Crippen LogP contribution in [0.2, 0.25) is 0 Å². The normalized spacial score (nSPS) is 10.1. The molecule has 4 N–H and O–H groups in total. The Kier molecular flexibility index (Phi) is 8.79. The van der Waals surface area contributed by atoms with Gasteiger partial charge >= 0.3 is 5.97 Å². The number of methoxy groups -OCH3 is 1. The first-order chi connectivity index (χ1) is 12.3. The number of anilines is 1. The molecule has 0 unspecified atom stereocenters. The minimum Gasteiger partial charge on any atom is -0.478 e. The van der Waals surface area contributed by atoms with Gasteiger partial charge in [-0.2, -0.15) is 0 Å². The van der Waals surface area contributed by atoms with Crippen LogP contribution < -0.4 is 16.0 Å². The minimum atomic E-state index is -1.11. The molecule has 0 aromatic heterocycles. The van der Waals surface area contributed by atoms with E-state index in [9.17, 15) is 19.2 Å². The maximum absolute atomic E-state index is 12.0. The van der Waals surface area contributed by atoms with Gasteiger partial charge in [-0.1, -0.05) is 0 Å². The van der Waals surface area contributed by atoms with E-state index in [1.807, 2.05) is 0 Å². The molecule has 0 fully saturated rings. The number of benzene rings is 1. The summed E-state index contributed by atoms with van der Waals surface area (Å²) in [6.45, 7) is 2.18. The van der Waals surface area contributed by atoms with Crippen molar-refractivity contribution < 1.29 is 29.0 Å². The largest absolute Gasteiger partial charge is 0.478 e. The van der Waals surface area contributed by atoms with Crippen molar-refractivity contribution in [2.24, 2.45) is 0 Å². The Hall–Kier alpha value is -2.94. The van der Waals surface area contributed by atoms with Gasteiger partial charge in [0.05, 0.1) is 12.2 Å². The lowest BCUT2D eigenvalue weighted by Crippen LogP contribution is -2.33. The molecule has 0 bridgehead atoms. The zero-order valence-electron chi connectivity index (χ0n) is 14.8. The van der Waals surface area contributed by atoms with Gasteiger partial charge in [0.2, 0.25) is 17.7 Å². The summed E-state index contributed by atoms with van der Waals surface area (Å²) in [6.07, 6.45) is -0.0711. The van der Waals surface area contributed by atoms with Crippen molar-refractivity contribution in [1.82, 2.24) is 10.6 Å². The lowest BCUT2D eigenvalue weighted by molar-refractivity contribution is -0.124. The second kappa shape index (κ2) is 10.8. The van der Waals surface area contributed by atoms with Gasteiger partial charge in [-0.25, -0.2) is 4.79 Å². The average Bonchev–Trinajstić information content (AvgIpc) is 2.56. The molecule has 1 rings (SSSR count). The molecule has 3 amide bonds. The molecular weight excluding hydrogens is 342 g/mol. The van der Waals surface area contributed by atoms with Gasteiger partial charge in [0, 0.05) is 45.7 Å². The number of hydrogen-bond acceptors (Lipinski definition) is 5. The molecule has 0 atom stereocenters. The number of hydrogen-bond donors (Lipinski definition) is 4. The van der Waals surface area contributed by atoms with Crippen molar-refractivity contribution in [1.29, 1.82) is 0 Å². The lowest BCUT2D eigenvalue weighted by atomic mass is 10.1. The summed E-state index contributed by atoms with van der Waals surface area (Å²) >= 11 is 0. The van der Waals surface area contributed by atoms with Gasteiger partial charge in [0.1, 0.15) is 0 Å². The number of carbonyl (C=O) groups excluding carboxylic acids is 3. The Balaban J connectivity index is 2.50. The maximum Gasteiger partial charge on any atom is 0.335 e. The van der Waals surface area contributed by atoms with E-state index in [-0.39, 0.29) is 43.4 Å². The SMILES string of the molecule is COCc1cc(NC(=O)CCC(=O)NCCNC(C)=O)cc(C(=O)O)c1. The number of carboxylic acid groups (broad SMARTS) is 1. The first-order valence-electron chi connectivity index (χ1n) is 7.99. The number of amides is 3. The van der Waals surface area contributed by atoms with Crippen LogP contribution in [0.25, 0.3) is 0 Å². The third kappa shape index (κ3) is 8.25. The van der Waals surface area contributed by atoms with Gasteiger partial charge in [-0.05, 0) is 23.8 Å². The smallest absolute Gasteiger partial charge is 0.335 e. The summed E-state index contributed by atoms with van der Waals surface area (Å²) in [4.78, 5) is 45.4. The van der Waals surface area contributed by atoms with Gasteiger partial charge in [0.25, 0.3) is 0 Å². The van der Waals surface area contributed by atoms with E-state index in [1.165, 1.54) is 26.2 Å². The number of nitrogens with one attached hydrogen (secondary N) is 3. The third-order valence-electron chi connectivity index (χ3n) is 3.23. The monoisotopic (exact) mass is 365 g/mol. The molecule has 0 saturated carbocycles. The summed E-state index contributed by atoms with van der Waals surface area (Å²) < 4.78 is 4.98. The van der Waals surface area contributed by atoms with Crippen LogP contribution in [0.4, 0.5) is 5.69 Å². The highest BCUT2D eigenvalue weighted by molar-refractivity contribution is 5.95. The zero-order chi connectivity index (χ0) is 19.5. The predicted octanol–water partition coefficient (Wildman–Crippen LogP) is 0.502. The molecule has 0 heterocycles. The van der Waals surface area contributed by atoms with Gasteiger partial charge in [-0.15, -0.1) is 0 Å². The van der Waals surface area contributed by atoms with E-state index >= 15 is 0 Å². The summed E-state index contributed by atoms with van der Waals surface area (Å²) in [7, 11) is 1.48. The van der Waals surface area contributed by atoms with E-state index in [0.29, 0.717) is 17.8 Å². The van der Waals surface area contributed by atoms with Crippen LogP contribution in [0.1, 0.15) is 35.7 Å². The molecule has 1 aromatic rings. The topological polar surface area (TPSA) is 134 Å². The fraction of sp³-hybridized carbons (Fsp3) is 0.412. The Labute approximate surface area is 151 Å². The van der Waals surface area contributed by atoms with Crippen LogP contribution in [0.5, 0.6) is 0 Å². The van der Waals surface area contributed by atoms with Crippen molar-refractivity contribution in [3.63, 3.8) is 0 Å². The molecule has 142 valence electrons. The Morgan fingerprint density at radius 1 is 1.00 bits per heavy atom. The van der Waals surface area contributed by atoms with Crippen molar-refractivity contribution in [3.8, 4) is 0 Å². The van der Waals surface area contributed by atoms with Crippen LogP contribution in [-0.2, 0) is 25.7 Å². The van der Waals surface area contributed by atoms with Gasteiger partial charge < -0.3 is 25.8 Å². The molecule has 26 heavy (non-hydrogen) atoms. The Morgan fingerprint density at radius 3 is 2.27 bits per heavy atom. The average molecular weight is 365 g/mol. The van der Waals surface area contributed by atoms with Crippen molar-refractivity contribution in [2.75, 3.05) is 25.5 Å². The highest BCUT2D eigenvalue weighted by Crippen LogP contribution is 2.16. The quantitative estimate of drug-likeness (QED) is 0.446. The predicted molar refractivity (Wildman–Crippen MR) is 93.7 cm³/mol. The first kappa shape index (κ1) is 21.1. The van der Waals surface area contributed by atoms with Crippen LogP contribution in [0.15, 0.2) is 18.2 Å². The maximum atomic E-state index is 12.0. The number of carbonyl (C=O) groups is 4. The van der Waals surface area contributed by atoms with Crippen molar-refractivity contribution in [2.45, 2.75) is 26.4 Å². The van der Waals surface area contributed by atoms with Gasteiger partial charge in [0.15, 0.2) is 0 Å². The summed E-state index contributed by atoms with van der Waals surface area (Å²) in [5.41, 5.74) is 0.969. The fourth-order valence-electron chi connectivity index (χ4n) is 2.12. The molecule has 0 radical (unpaired) electrons. The molecule has 9 heteroatoms. The molecule has 0 aliphatic carbocycles. The Bertz CT molecular complexity index is 674. The molecule has 9 nitrogen and oxygen atoms in total. The number of ether oxygens (including phenoxy) is 1. The van der Waals surface area contributed by atoms with E-state index in [4.69, 9.17) is 9.84 Å². The lowest BCUT2D eigenvalue weighted by Gasteiger charge is -2.09. The number of carboxylic acids is 1. The molecule has 1 aromatic carbocycles. The highest BCUT2D eigenvalue weighted by atomic mass is 16.5. The fourth-order valence-corrected chi connectivity index (χ4v) is 2.12. The first-order valence-corrected chi connectivity index (χ1v) is 7.99.